The predicted molar refractivity (Wildman–Crippen MR) is 79.2 cm³/mol. The minimum atomic E-state index is 0.215. The molecule has 1 saturated heterocycles. The Balaban J connectivity index is 1.85. The molecule has 1 aliphatic heterocycles. The lowest BCUT2D eigenvalue weighted by atomic mass is 9.98. The zero-order valence-corrected chi connectivity index (χ0v) is 11.4. The first-order chi connectivity index (χ1) is 10.3. The SMILES string of the molecule is Oc1ccccc1-c1cc2c(C3CCOC3)c[nH]c2nn1. The molecule has 1 unspecified atom stereocenters. The summed E-state index contributed by atoms with van der Waals surface area (Å²) in [5.41, 5.74) is 3.37. The number of H-pyrrole nitrogens is 1. The van der Waals surface area contributed by atoms with E-state index < -0.39 is 0 Å². The molecule has 0 aliphatic carbocycles. The number of aromatic amines is 1. The molecule has 0 spiro atoms. The van der Waals surface area contributed by atoms with E-state index in [2.05, 4.69) is 15.2 Å². The van der Waals surface area contributed by atoms with Crippen LogP contribution in [0.1, 0.15) is 17.9 Å². The molecular formula is C16H15N3O2. The molecule has 0 radical (unpaired) electrons. The molecule has 3 aromatic rings. The molecule has 1 aromatic carbocycles. The minimum Gasteiger partial charge on any atom is -0.507 e. The number of aromatic hydroxyl groups is 1. The summed E-state index contributed by atoms with van der Waals surface area (Å²) in [7, 11) is 0. The second-order valence-corrected chi connectivity index (χ2v) is 5.31. The Kier molecular flexibility index (Phi) is 2.86. The molecule has 2 N–H and O–H groups in total. The van der Waals surface area contributed by atoms with Crippen molar-refractivity contribution in [2.75, 3.05) is 13.2 Å². The van der Waals surface area contributed by atoms with Crippen molar-refractivity contribution in [3.8, 4) is 17.0 Å². The summed E-state index contributed by atoms with van der Waals surface area (Å²) in [6.07, 6.45) is 3.02. The van der Waals surface area contributed by atoms with Crippen LogP contribution in [0.25, 0.3) is 22.3 Å². The molecule has 3 heterocycles. The van der Waals surface area contributed by atoms with Crippen LogP contribution in [0.2, 0.25) is 0 Å². The lowest BCUT2D eigenvalue weighted by molar-refractivity contribution is 0.194. The maximum atomic E-state index is 9.97. The number of ether oxygens (including phenoxy) is 1. The van der Waals surface area contributed by atoms with E-state index in [4.69, 9.17) is 4.74 Å². The quantitative estimate of drug-likeness (QED) is 0.757. The molecule has 0 bridgehead atoms. The van der Waals surface area contributed by atoms with E-state index >= 15 is 0 Å². The smallest absolute Gasteiger partial charge is 0.160 e. The predicted octanol–water partition coefficient (Wildman–Crippen LogP) is 2.83. The van der Waals surface area contributed by atoms with Crippen LogP contribution in [0.3, 0.4) is 0 Å². The molecule has 4 rings (SSSR count). The van der Waals surface area contributed by atoms with Gasteiger partial charge < -0.3 is 14.8 Å². The fourth-order valence-corrected chi connectivity index (χ4v) is 2.88. The highest BCUT2D eigenvalue weighted by atomic mass is 16.5. The van der Waals surface area contributed by atoms with Crippen molar-refractivity contribution in [2.24, 2.45) is 0 Å². The van der Waals surface area contributed by atoms with Gasteiger partial charge in [0.25, 0.3) is 0 Å². The van der Waals surface area contributed by atoms with E-state index in [9.17, 15) is 5.11 Å². The Hall–Kier alpha value is -2.40. The van der Waals surface area contributed by atoms with Gasteiger partial charge in [0.1, 0.15) is 5.75 Å². The molecule has 106 valence electrons. The first kappa shape index (κ1) is 12.3. The van der Waals surface area contributed by atoms with Gasteiger partial charge in [-0.25, -0.2) is 0 Å². The van der Waals surface area contributed by atoms with Gasteiger partial charge in [0.15, 0.2) is 5.65 Å². The number of phenolic OH excluding ortho intramolecular Hbond substituents is 1. The number of fused-ring (bicyclic) bond motifs is 1. The van der Waals surface area contributed by atoms with Gasteiger partial charge in [-0.05, 0) is 30.2 Å². The number of hydrogen-bond acceptors (Lipinski definition) is 4. The third kappa shape index (κ3) is 2.06. The third-order valence-corrected chi connectivity index (χ3v) is 4.02. The van der Waals surface area contributed by atoms with Gasteiger partial charge in [0, 0.05) is 29.7 Å². The number of nitrogens with one attached hydrogen (secondary N) is 1. The fourth-order valence-electron chi connectivity index (χ4n) is 2.88. The molecule has 1 aliphatic rings. The largest absolute Gasteiger partial charge is 0.507 e. The van der Waals surface area contributed by atoms with Gasteiger partial charge in [0.05, 0.1) is 12.3 Å². The standard InChI is InChI=1S/C16H15N3O2/c20-15-4-2-1-3-11(15)14-7-12-13(10-5-6-21-9-10)8-17-16(12)19-18-14/h1-4,7-8,10,20H,5-6,9H2,(H,17,19). The van der Waals surface area contributed by atoms with E-state index in [0.29, 0.717) is 17.2 Å². The average Bonchev–Trinajstić information content (AvgIpc) is 3.16. The third-order valence-electron chi connectivity index (χ3n) is 4.02. The lowest BCUT2D eigenvalue weighted by Gasteiger charge is -2.07. The summed E-state index contributed by atoms with van der Waals surface area (Å²) < 4.78 is 5.47. The van der Waals surface area contributed by atoms with Gasteiger partial charge in [-0.2, -0.15) is 0 Å². The summed E-state index contributed by atoms with van der Waals surface area (Å²) in [6.45, 7) is 1.56. The van der Waals surface area contributed by atoms with Crippen molar-refractivity contribution >= 4 is 11.0 Å². The highest BCUT2D eigenvalue weighted by molar-refractivity contribution is 5.84. The first-order valence-electron chi connectivity index (χ1n) is 7.04. The molecule has 2 aromatic heterocycles. The summed E-state index contributed by atoms with van der Waals surface area (Å²) in [6, 6.07) is 9.16. The van der Waals surface area contributed by atoms with Crippen LogP contribution in [-0.4, -0.2) is 33.5 Å². The molecule has 1 fully saturated rings. The van der Waals surface area contributed by atoms with E-state index in [1.807, 2.05) is 24.4 Å². The second kappa shape index (κ2) is 4.86. The van der Waals surface area contributed by atoms with Crippen molar-refractivity contribution in [3.63, 3.8) is 0 Å². The summed E-state index contributed by atoms with van der Waals surface area (Å²) in [4.78, 5) is 3.17. The highest BCUT2D eigenvalue weighted by Gasteiger charge is 2.22. The number of phenols is 1. The van der Waals surface area contributed by atoms with E-state index in [-0.39, 0.29) is 5.75 Å². The summed E-state index contributed by atoms with van der Waals surface area (Å²) in [5, 5.41) is 19.5. The zero-order chi connectivity index (χ0) is 14.2. The normalized spacial score (nSPS) is 18.4. The van der Waals surface area contributed by atoms with Crippen molar-refractivity contribution < 1.29 is 9.84 Å². The van der Waals surface area contributed by atoms with Crippen LogP contribution in [-0.2, 0) is 4.74 Å². The minimum absolute atomic E-state index is 0.215. The van der Waals surface area contributed by atoms with E-state index in [0.717, 1.165) is 30.7 Å². The van der Waals surface area contributed by atoms with Gasteiger partial charge in [0.2, 0.25) is 0 Å². The van der Waals surface area contributed by atoms with Crippen molar-refractivity contribution in [1.29, 1.82) is 0 Å². The molecular weight excluding hydrogens is 266 g/mol. The van der Waals surface area contributed by atoms with Crippen LogP contribution >= 0.6 is 0 Å². The van der Waals surface area contributed by atoms with Crippen LogP contribution < -0.4 is 0 Å². The van der Waals surface area contributed by atoms with E-state index in [1.165, 1.54) is 5.56 Å². The average molecular weight is 281 g/mol. The van der Waals surface area contributed by atoms with Gasteiger partial charge in [-0.1, -0.05) is 12.1 Å². The Labute approximate surface area is 121 Å². The van der Waals surface area contributed by atoms with Gasteiger partial charge >= 0.3 is 0 Å². The Morgan fingerprint density at radius 3 is 2.95 bits per heavy atom. The Morgan fingerprint density at radius 1 is 1.24 bits per heavy atom. The summed E-state index contributed by atoms with van der Waals surface area (Å²) >= 11 is 0. The number of para-hydroxylation sites is 1. The number of aromatic nitrogens is 3. The molecule has 0 amide bonds. The van der Waals surface area contributed by atoms with Crippen molar-refractivity contribution in [2.45, 2.75) is 12.3 Å². The molecule has 5 heteroatoms. The first-order valence-corrected chi connectivity index (χ1v) is 7.04. The second-order valence-electron chi connectivity index (χ2n) is 5.31. The molecule has 1 atom stereocenters. The maximum absolute atomic E-state index is 9.97. The fraction of sp³-hybridized carbons (Fsp3) is 0.250. The van der Waals surface area contributed by atoms with Gasteiger partial charge in [-0.15, -0.1) is 10.2 Å². The highest BCUT2D eigenvalue weighted by Crippen LogP contribution is 2.33. The van der Waals surface area contributed by atoms with Gasteiger partial charge in [-0.3, -0.25) is 0 Å². The topological polar surface area (TPSA) is 71.0 Å². The van der Waals surface area contributed by atoms with Crippen LogP contribution in [0.4, 0.5) is 0 Å². The zero-order valence-electron chi connectivity index (χ0n) is 11.4. The molecule has 0 saturated carbocycles. The maximum Gasteiger partial charge on any atom is 0.160 e. The Morgan fingerprint density at radius 2 is 2.14 bits per heavy atom. The molecule has 5 nitrogen and oxygen atoms in total. The molecule has 21 heavy (non-hydrogen) atoms. The Bertz CT molecular complexity index is 791. The monoisotopic (exact) mass is 281 g/mol. The van der Waals surface area contributed by atoms with Crippen molar-refractivity contribution in [1.82, 2.24) is 15.2 Å². The van der Waals surface area contributed by atoms with E-state index in [1.54, 1.807) is 12.1 Å². The lowest BCUT2D eigenvalue weighted by Crippen LogP contribution is -1.96. The number of hydrogen-bond donors (Lipinski definition) is 2. The van der Waals surface area contributed by atoms with Crippen molar-refractivity contribution in [3.05, 3.63) is 42.1 Å². The van der Waals surface area contributed by atoms with Crippen LogP contribution in [0.5, 0.6) is 5.75 Å². The number of rotatable bonds is 2. The van der Waals surface area contributed by atoms with Crippen LogP contribution in [0, 0.1) is 0 Å². The number of benzene rings is 1. The number of nitrogens with zero attached hydrogens (tertiary/aromatic N) is 2. The van der Waals surface area contributed by atoms with Crippen LogP contribution in [0.15, 0.2) is 36.5 Å². The summed E-state index contributed by atoms with van der Waals surface area (Å²) in [5.74, 6) is 0.618.